The van der Waals surface area contributed by atoms with Crippen LogP contribution in [0.4, 0.5) is 5.69 Å². The van der Waals surface area contributed by atoms with E-state index in [1.54, 1.807) is 0 Å². The summed E-state index contributed by atoms with van der Waals surface area (Å²) in [7, 11) is 2.16. The molecule has 1 unspecified atom stereocenters. The molecular formula is C16H27ClN2. The van der Waals surface area contributed by atoms with Gasteiger partial charge in [0.2, 0.25) is 0 Å². The van der Waals surface area contributed by atoms with Gasteiger partial charge in [-0.1, -0.05) is 37.9 Å². The monoisotopic (exact) mass is 282 g/mol. The Morgan fingerprint density at radius 2 is 2.00 bits per heavy atom. The molecule has 1 atom stereocenters. The SMILES string of the molecule is CCCNCc1ccc(Cl)cc1N(C)C(C)CCC. The number of anilines is 1. The zero-order valence-corrected chi connectivity index (χ0v) is 13.4. The van der Waals surface area contributed by atoms with Crippen molar-refractivity contribution in [2.24, 2.45) is 0 Å². The molecule has 0 saturated heterocycles. The van der Waals surface area contributed by atoms with Crippen LogP contribution in [0.3, 0.4) is 0 Å². The van der Waals surface area contributed by atoms with Crippen molar-refractivity contribution in [2.45, 2.75) is 52.6 Å². The third-order valence-electron chi connectivity index (χ3n) is 3.54. The van der Waals surface area contributed by atoms with Gasteiger partial charge in [-0.2, -0.15) is 0 Å². The van der Waals surface area contributed by atoms with Crippen molar-refractivity contribution < 1.29 is 0 Å². The highest BCUT2D eigenvalue weighted by molar-refractivity contribution is 6.30. The van der Waals surface area contributed by atoms with E-state index in [4.69, 9.17) is 11.6 Å². The van der Waals surface area contributed by atoms with E-state index in [1.807, 2.05) is 6.07 Å². The molecule has 0 aliphatic carbocycles. The number of nitrogens with one attached hydrogen (secondary N) is 1. The molecule has 0 spiro atoms. The summed E-state index contributed by atoms with van der Waals surface area (Å²) in [5.41, 5.74) is 2.57. The van der Waals surface area contributed by atoms with Crippen LogP contribution in [0.25, 0.3) is 0 Å². The van der Waals surface area contributed by atoms with Crippen molar-refractivity contribution in [3.05, 3.63) is 28.8 Å². The highest BCUT2D eigenvalue weighted by Crippen LogP contribution is 2.26. The van der Waals surface area contributed by atoms with Gasteiger partial charge < -0.3 is 10.2 Å². The highest BCUT2D eigenvalue weighted by atomic mass is 35.5. The number of benzene rings is 1. The summed E-state index contributed by atoms with van der Waals surface area (Å²) in [5, 5.41) is 4.28. The van der Waals surface area contributed by atoms with Crippen LogP contribution in [-0.2, 0) is 6.54 Å². The second-order valence-corrected chi connectivity index (χ2v) is 5.63. The van der Waals surface area contributed by atoms with E-state index >= 15 is 0 Å². The molecule has 2 nitrogen and oxygen atoms in total. The van der Waals surface area contributed by atoms with Crippen LogP contribution in [0.2, 0.25) is 5.02 Å². The van der Waals surface area contributed by atoms with E-state index in [1.165, 1.54) is 24.1 Å². The third-order valence-corrected chi connectivity index (χ3v) is 3.77. The zero-order chi connectivity index (χ0) is 14.3. The van der Waals surface area contributed by atoms with Crippen LogP contribution < -0.4 is 10.2 Å². The van der Waals surface area contributed by atoms with E-state index in [0.717, 1.165) is 24.5 Å². The summed E-state index contributed by atoms with van der Waals surface area (Å²) in [6.45, 7) is 8.64. The van der Waals surface area contributed by atoms with Crippen molar-refractivity contribution in [1.29, 1.82) is 0 Å². The molecule has 0 heterocycles. The van der Waals surface area contributed by atoms with Gasteiger partial charge in [0.05, 0.1) is 0 Å². The van der Waals surface area contributed by atoms with Gasteiger partial charge in [0.25, 0.3) is 0 Å². The molecule has 108 valence electrons. The molecule has 0 aliphatic rings. The molecule has 1 aromatic rings. The Kier molecular flexibility index (Phi) is 7.25. The molecule has 1 aromatic carbocycles. The summed E-state index contributed by atoms with van der Waals surface area (Å²) in [5.74, 6) is 0. The Morgan fingerprint density at radius 1 is 1.26 bits per heavy atom. The van der Waals surface area contributed by atoms with Crippen LogP contribution in [0.15, 0.2) is 18.2 Å². The molecule has 1 N–H and O–H groups in total. The average molecular weight is 283 g/mol. The summed E-state index contributed by atoms with van der Waals surface area (Å²) in [4.78, 5) is 2.35. The van der Waals surface area contributed by atoms with Crippen LogP contribution in [0, 0.1) is 0 Å². The lowest BCUT2D eigenvalue weighted by molar-refractivity contribution is 0.610. The molecule has 1 rings (SSSR count). The zero-order valence-electron chi connectivity index (χ0n) is 12.7. The standard InChI is InChI=1S/C16H27ClN2/c1-5-7-13(3)19(4)16-11-15(17)9-8-14(16)12-18-10-6-2/h8-9,11,13,18H,5-7,10,12H2,1-4H3. The minimum absolute atomic E-state index is 0.536. The van der Waals surface area contributed by atoms with Crippen LogP contribution >= 0.6 is 11.6 Å². The summed E-state index contributed by atoms with van der Waals surface area (Å²) in [6, 6.07) is 6.73. The molecular weight excluding hydrogens is 256 g/mol. The maximum atomic E-state index is 6.16. The van der Waals surface area contributed by atoms with Gasteiger partial charge in [-0.05, 0) is 44.0 Å². The van der Waals surface area contributed by atoms with E-state index in [0.29, 0.717) is 6.04 Å². The summed E-state index contributed by atoms with van der Waals surface area (Å²) >= 11 is 6.16. The van der Waals surface area contributed by atoms with Crippen molar-refractivity contribution in [2.75, 3.05) is 18.5 Å². The number of rotatable bonds is 8. The van der Waals surface area contributed by atoms with Crippen molar-refractivity contribution in [3.63, 3.8) is 0 Å². The number of hydrogen-bond donors (Lipinski definition) is 1. The lowest BCUT2D eigenvalue weighted by Crippen LogP contribution is -2.30. The van der Waals surface area contributed by atoms with Gasteiger partial charge in [0, 0.05) is 30.3 Å². The number of nitrogens with zero attached hydrogens (tertiary/aromatic N) is 1. The molecule has 19 heavy (non-hydrogen) atoms. The highest BCUT2D eigenvalue weighted by Gasteiger charge is 2.13. The number of hydrogen-bond acceptors (Lipinski definition) is 2. The lowest BCUT2D eigenvalue weighted by Gasteiger charge is -2.29. The van der Waals surface area contributed by atoms with E-state index in [9.17, 15) is 0 Å². The lowest BCUT2D eigenvalue weighted by atomic mass is 10.1. The van der Waals surface area contributed by atoms with E-state index < -0.39 is 0 Å². The minimum atomic E-state index is 0.536. The Labute approximate surface area is 123 Å². The van der Waals surface area contributed by atoms with Gasteiger partial charge in [-0.3, -0.25) is 0 Å². The minimum Gasteiger partial charge on any atom is -0.372 e. The van der Waals surface area contributed by atoms with Crippen LogP contribution in [-0.4, -0.2) is 19.6 Å². The fraction of sp³-hybridized carbons (Fsp3) is 0.625. The first-order chi connectivity index (χ1) is 9.10. The molecule has 0 radical (unpaired) electrons. The largest absolute Gasteiger partial charge is 0.372 e. The van der Waals surface area contributed by atoms with E-state index in [-0.39, 0.29) is 0 Å². The van der Waals surface area contributed by atoms with E-state index in [2.05, 4.69) is 50.2 Å². The first kappa shape index (κ1) is 16.3. The molecule has 0 aliphatic heterocycles. The third kappa shape index (κ3) is 5.04. The van der Waals surface area contributed by atoms with Gasteiger partial charge in [-0.25, -0.2) is 0 Å². The molecule has 0 amide bonds. The average Bonchev–Trinajstić information content (AvgIpc) is 2.40. The maximum absolute atomic E-state index is 6.16. The Bertz CT molecular complexity index is 379. The second-order valence-electron chi connectivity index (χ2n) is 5.20. The Morgan fingerprint density at radius 3 is 2.63 bits per heavy atom. The molecule has 0 saturated carbocycles. The van der Waals surface area contributed by atoms with Crippen LogP contribution in [0.1, 0.15) is 45.6 Å². The molecule has 3 heteroatoms. The van der Waals surface area contributed by atoms with Crippen molar-refractivity contribution in [1.82, 2.24) is 5.32 Å². The first-order valence-corrected chi connectivity index (χ1v) is 7.69. The summed E-state index contributed by atoms with van der Waals surface area (Å²) < 4.78 is 0. The van der Waals surface area contributed by atoms with Gasteiger partial charge in [0.1, 0.15) is 0 Å². The fourth-order valence-electron chi connectivity index (χ4n) is 2.26. The predicted octanol–water partition coefficient (Wildman–Crippen LogP) is 4.46. The number of halogens is 1. The maximum Gasteiger partial charge on any atom is 0.0426 e. The Balaban J connectivity index is 2.86. The molecule has 0 aromatic heterocycles. The van der Waals surface area contributed by atoms with Gasteiger partial charge in [0.15, 0.2) is 0 Å². The van der Waals surface area contributed by atoms with Crippen molar-refractivity contribution in [3.8, 4) is 0 Å². The van der Waals surface area contributed by atoms with Gasteiger partial charge in [-0.15, -0.1) is 0 Å². The molecule has 0 fully saturated rings. The van der Waals surface area contributed by atoms with Crippen molar-refractivity contribution >= 4 is 17.3 Å². The Hall–Kier alpha value is -0.730. The summed E-state index contributed by atoms with van der Waals surface area (Å²) in [6.07, 6.45) is 3.56. The second kappa shape index (κ2) is 8.44. The molecule has 0 bridgehead atoms. The topological polar surface area (TPSA) is 15.3 Å². The van der Waals surface area contributed by atoms with Crippen LogP contribution in [0.5, 0.6) is 0 Å². The normalized spacial score (nSPS) is 12.5. The first-order valence-electron chi connectivity index (χ1n) is 7.32. The van der Waals surface area contributed by atoms with Gasteiger partial charge >= 0.3 is 0 Å². The quantitative estimate of drug-likeness (QED) is 0.708. The smallest absolute Gasteiger partial charge is 0.0426 e. The fourth-order valence-corrected chi connectivity index (χ4v) is 2.43. The predicted molar refractivity (Wildman–Crippen MR) is 86.2 cm³/mol.